The van der Waals surface area contributed by atoms with Crippen LogP contribution in [0.4, 0.5) is 0 Å². The van der Waals surface area contributed by atoms with Crippen molar-refractivity contribution in [3.8, 4) is 0 Å². The number of methoxy groups -OCH3 is 1. The molecule has 0 aromatic carbocycles. The van der Waals surface area contributed by atoms with Crippen LogP contribution in [0, 0.1) is 5.92 Å². The van der Waals surface area contributed by atoms with Gasteiger partial charge in [0, 0.05) is 7.11 Å². The SMILES string of the molecule is COC(C)(C)CN1CNC(C(C)C)C1=O. The van der Waals surface area contributed by atoms with E-state index in [1.165, 1.54) is 0 Å². The van der Waals surface area contributed by atoms with Crippen LogP contribution >= 0.6 is 0 Å². The van der Waals surface area contributed by atoms with Crippen LogP contribution in [0.1, 0.15) is 27.7 Å². The fourth-order valence-electron chi connectivity index (χ4n) is 1.75. The lowest BCUT2D eigenvalue weighted by atomic mass is 10.0. The Kier molecular flexibility index (Phi) is 3.73. The third kappa shape index (κ3) is 2.92. The second kappa shape index (κ2) is 4.49. The Balaban J connectivity index is 2.57. The molecule has 0 aliphatic carbocycles. The van der Waals surface area contributed by atoms with Crippen molar-refractivity contribution in [1.82, 2.24) is 10.2 Å². The lowest BCUT2D eigenvalue weighted by Gasteiger charge is -2.28. The first kappa shape index (κ1) is 12.5. The number of nitrogens with one attached hydrogen (secondary N) is 1. The van der Waals surface area contributed by atoms with Gasteiger partial charge in [-0.25, -0.2) is 0 Å². The van der Waals surface area contributed by atoms with Crippen molar-refractivity contribution >= 4 is 5.91 Å². The quantitative estimate of drug-likeness (QED) is 0.753. The van der Waals surface area contributed by atoms with E-state index in [1.54, 1.807) is 7.11 Å². The zero-order valence-electron chi connectivity index (χ0n) is 10.3. The molecular formula is C11H22N2O2. The molecule has 0 radical (unpaired) electrons. The summed E-state index contributed by atoms with van der Waals surface area (Å²) in [7, 11) is 1.67. The summed E-state index contributed by atoms with van der Waals surface area (Å²) >= 11 is 0. The van der Waals surface area contributed by atoms with Crippen LogP contribution in [-0.2, 0) is 9.53 Å². The smallest absolute Gasteiger partial charge is 0.241 e. The van der Waals surface area contributed by atoms with E-state index < -0.39 is 0 Å². The van der Waals surface area contributed by atoms with E-state index in [9.17, 15) is 4.79 Å². The molecule has 1 aliphatic heterocycles. The Morgan fingerprint density at radius 2 is 2.20 bits per heavy atom. The number of carbonyl (C=O) groups is 1. The Labute approximate surface area is 92.0 Å². The Bertz CT molecular complexity index is 239. The summed E-state index contributed by atoms with van der Waals surface area (Å²) in [6.07, 6.45) is 0. The summed E-state index contributed by atoms with van der Waals surface area (Å²) in [4.78, 5) is 13.8. The number of ether oxygens (including phenoxy) is 1. The molecule has 1 fully saturated rings. The summed E-state index contributed by atoms with van der Waals surface area (Å²) in [5.74, 6) is 0.531. The number of amides is 1. The van der Waals surface area contributed by atoms with Gasteiger partial charge in [-0.15, -0.1) is 0 Å². The Morgan fingerprint density at radius 3 is 2.60 bits per heavy atom. The maximum absolute atomic E-state index is 11.9. The molecule has 0 spiro atoms. The molecule has 15 heavy (non-hydrogen) atoms. The highest BCUT2D eigenvalue weighted by Crippen LogP contribution is 2.16. The number of hydrogen-bond acceptors (Lipinski definition) is 3. The van der Waals surface area contributed by atoms with Crippen LogP contribution < -0.4 is 5.32 Å². The largest absolute Gasteiger partial charge is 0.377 e. The molecule has 1 aliphatic rings. The second-order valence-electron chi connectivity index (χ2n) is 5.08. The number of nitrogens with zero attached hydrogens (tertiary/aromatic N) is 1. The molecule has 4 nitrogen and oxygen atoms in total. The average Bonchev–Trinajstić information content (AvgIpc) is 2.48. The molecular weight excluding hydrogens is 192 g/mol. The molecule has 1 unspecified atom stereocenters. The molecule has 1 atom stereocenters. The summed E-state index contributed by atoms with van der Waals surface area (Å²) in [6.45, 7) is 9.36. The zero-order chi connectivity index (χ0) is 11.6. The van der Waals surface area contributed by atoms with Crippen molar-refractivity contribution in [3.63, 3.8) is 0 Å². The minimum atomic E-state index is -0.275. The van der Waals surface area contributed by atoms with Gasteiger partial charge in [0.15, 0.2) is 0 Å². The van der Waals surface area contributed by atoms with E-state index in [0.29, 0.717) is 19.1 Å². The molecule has 1 amide bonds. The van der Waals surface area contributed by atoms with Crippen LogP contribution in [0.15, 0.2) is 0 Å². The van der Waals surface area contributed by atoms with E-state index in [1.807, 2.05) is 18.7 Å². The monoisotopic (exact) mass is 214 g/mol. The van der Waals surface area contributed by atoms with Crippen molar-refractivity contribution in [2.24, 2.45) is 5.92 Å². The van der Waals surface area contributed by atoms with E-state index in [-0.39, 0.29) is 17.6 Å². The molecule has 0 saturated carbocycles. The first-order valence-electron chi connectivity index (χ1n) is 5.45. The van der Waals surface area contributed by atoms with Crippen molar-refractivity contribution in [2.45, 2.75) is 39.3 Å². The predicted octanol–water partition coefficient (Wildman–Crippen LogP) is 0.825. The molecule has 1 heterocycles. The summed E-state index contributed by atoms with van der Waals surface area (Å²) < 4.78 is 5.32. The van der Waals surface area contributed by atoms with Crippen LogP contribution in [0.3, 0.4) is 0 Å². The van der Waals surface area contributed by atoms with Crippen LogP contribution in [0.2, 0.25) is 0 Å². The molecule has 0 bridgehead atoms. The Hall–Kier alpha value is -0.610. The van der Waals surface area contributed by atoms with Gasteiger partial charge in [-0.2, -0.15) is 0 Å². The molecule has 1 rings (SSSR count). The minimum Gasteiger partial charge on any atom is -0.377 e. The van der Waals surface area contributed by atoms with Crippen molar-refractivity contribution < 1.29 is 9.53 Å². The minimum absolute atomic E-state index is 0.0299. The zero-order valence-corrected chi connectivity index (χ0v) is 10.3. The van der Waals surface area contributed by atoms with Gasteiger partial charge in [0.2, 0.25) is 5.91 Å². The molecule has 0 aromatic rings. The van der Waals surface area contributed by atoms with Gasteiger partial charge < -0.3 is 9.64 Å². The average molecular weight is 214 g/mol. The topological polar surface area (TPSA) is 41.6 Å². The van der Waals surface area contributed by atoms with Gasteiger partial charge in [-0.1, -0.05) is 13.8 Å². The molecule has 88 valence electrons. The fourth-order valence-corrected chi connectivity index (χ4v) is 1.75. The highest BCUT2D eigenvalue weighted by atomic mass is 16.5. The fraction of sp³-hybridized carbons (Fsp3) is 0.909. The standard InChI is InChI=1S/C11H22N2O2/c1-8(2)9-10(14)13(7-12-9)6-11(3,4)15-5/h8-9,12H,6-7H2,1-5H3. The van der Waals surface area contributed by atoms with Gasteiger partial charge in [0.1, 0.15) is 0 Å². The first-order chi connectivity index (χ1) is 6.87. The van der Waals surface area contributed by atoms with Gasteiger partial charge in [0.25, 0.3) is 0 Å². The van der Waals surface area contributed by atoms with E-state index >= 15 is 0 Å². The predicted molar refractivity (Wildman–Crippen MR) is 59.4 cm³/mol. The lowest BCUT2D eigenvalue weighted by Crippen LogP contribution is -2.42. The summed E-state index contributed by atoms with van der Waals surface area (Å²) in [6, 6.07) is -0.0299. The van der Waals surface area contributed by atoms with Crippen LogP contribution in [-0.4, -0.2) is 42.8 Å². The van der Waals surface area contributed by atoms with Crippen molar-refractivity contribution in [3.05, 3.63) is 0 Å². The van der Waals surface area contributed by atoms with E-state index in [0.717, 1.165) is 0 Å². The van der Waals surface area contributed by atoms with Gasteiger partial charge in [0.05, 0.1) is 24.9 Å². The third-order valence-electron chi connectivity index (χ3n) is 2.87. The first-order valence-corrected chi connectivity index (χ1v) is 5.45. The normalized spacial score (nSPS) is 22.9. The summed E-state index contributed by atoms with van der Waals surface area (Å²) in [5, 5.41) is 3.22. The Morgan fingerprint density at radius 1 is 1.60 bits per heavy atom. The highest BCUT2D eigenvalue weighted by Gasteiger charge is 2.35. The number of hydrogen-bond donors (Lipinski definition) is 1. The molecule has 4 heteroatoms. The lowest BCUT2D eigenvalue weighted by molar-refractivity contribution is -0.132. The van der Waals surface area contributed by atoms with E-state index in [2.05, 4.69) is 19.2 Å². The molecule has 1 saturated heterocycles. The second-order valence-corrected chi connectivity index (χ2v) is 5.08. The molecule has 1 N–H and O–H groups in total. The number of carbonyl (C=O) groups excluding carboxylic acids is 1. The number of rotatable bonds is 4. The highest BCUT2D eigenvalue weighted by molar-refractivity contribution is 5.84. The third-order valence-corrected chi connectivity index (χ3v) is 2.87. The van der Waals surface area contributed by atoms with Gasteiger partial charge >= 0.3 is 0 Å². The van der Waals surface area contributed by atoms with Crippen molar-refractivity contribution in [2.75, 3.05) is 20.3 Å². The maximum atomic E-state index is 11.9. The van der Waals surface area contributed by atoms with Crippen LogP contribution in [0.5, 0.6) is 0 Å². The molecule has 0 aromatic heterocycles. The van der Waals surface area contributed by atoms with Crippen LogP contribution in [0.25, 0.3) is 0 Å². The van der Waals surface area contributed by atoms with Gasteiger partial charge in [-0.05, 0) is 19.8 Å². The van der Waals surface area contributed by atoms with Gasteiger partial charge in [-0.3, -0.25) is 10.1 Å². The summed E-state index contributed by atoms with van der Waals surface area (Å²) in [5.41, 5.74) is -0.275. The maximum Gasteiger partial charge on any atom is 0.241 e. The van der Waals surface area contributed by atoms with Crippen molar-refractivity contribution in [1.29, 1.82) is 0 Å². The van der Waals surface area contributed by atoms with E-state index in [4.69, 9.17) is 4.74 Å².